The first-order chi connectivity index (χ1) is 14.7. The Labute approximate surface area is 177 Å². The average molecular weight is 404 g/mol. The zero-order valence-electron chi connectivity index (χ0n) is 17.4. The van der Waals surface area contributed by atoms with Crippen LogP contribution in [0.4, 0.5) is 0 Å². The van der Waals surface area contributed by atoms with Crippen molar-refractivity contribution in [3.05, 3.63) is 60.0 Å². The Kier molecular flexibility index (Phi) is 5.25. The van der Waals surface area contributed by atoms with Gasteiger partial charge in [-0.3, -0.25) is 4.79 Å². The Morgan fingerprint density at radius 1 is 1.07 bits per heavy atom. The van der Waals surface area contributed by atoms with Crippen LogP contribution < -0.4 is 5.32 Å². The van der Waals surface area contributed by atoms with Gasteiger partial charge in [-0.05, 0) is 56.8 Å². The number of benzene rings is 1. The summed E-state index contributed by atoms with van der Waals surface area (Å²) in [6.45, 7) is 4.11. The third kappa shape index (κ3) is 4.24. The van der Waals surface area contributed by atoms with E-state index in [1.165, 1.54) is 24.8 Å². The molecule has 3 heterocycles. The summed E-state index contributed by atoms with van der Waals surface area (Å²) in [7, 11) is 0. The Hall–Kier alpha value is -2.73. The molecule has 0 bridgehead atoms. The van der Waals surface area contributed by atoms with Gasteiger partial charge in [0, 0.05) is 19.3 Å². The van der Waals surface area contributed by atoms with Crippen molar-refractivity contribution in [2.45, 2.75) is 50.6 Å². The third-order valence-corrected chi connectivity index (χ3v) is 6.41. The van der Waals surface area contributed by atoms with Gasteiger partial charge in [0.2, 0.25) is 0 Å². The number of hydrogen-bond acceptors (Lipinski definition) is 4. The molecule has 0 spiro atoms. The van der Waals surface area contributed by atoms with Crippen LogP contribution >= 0.6 is 0 Å². The van der Waals surface area contributed by atoms with Crippen molar-refractivity contribution in [3.63, 3.8) is 0 Å². The highest BCUT2D eigenvalue weighted by Crippen LogP contribution is 2.37. The third-order valence-electron chi connectivity index (χ3n) is 6.41. The van der Waals surface area contributed by atoms with Crippen LogP contribution in [0.2, 0.25) is 0 Å². The fraction of sp³-hybridized carbons (Fsp3) is 0.458. The van der Waals surface area contributed by atoms with E-state index in [-0.39, 0.29) is 11.4 Å². The summed E-state index contributed by atoms with van der Waals surface area (Å²) in [5, 5.41) is 3.29. The standard InChI is InChI=1S/C24H29N5O/c30-23(27-24(10-11-24)17-28-12-5-2-6-13-28)20-15-21-22(25-16-20)29(18-26-21)14-9-19-7-3-1-4-8-19/h1,3-4,7-8,15-16,18H,2,5-6,9-14,17H2,(H,27,30). The van der Waals surface area contributed by atoms with Gasteiger partial charge in [-0.1, -0.05) is 36.8 Å². The minimum absolute atomic E-state index is 0.0299. The maximum atomic E-state index is 12.9. The van der Waals surface area contributed by atoms with Gasteiger partial charge in [0.05, 0.1) is 17.4 Å². The summed E-state index contributed by atoms with van der Waals surface area (Å²) < 4.78 is 2.06. The van der Waals surface area contributed by atoms with E-state index >= 15 is 0 Å². The summed E-state index contributed by atoms with van der Waals surface area (Å²) in [6, 6.07) is 12.3. The zero-order chi connectivity index (χ0) is 20.4. The van der Waals surface area contributed by atoms with E-state index in [9.17, 15) is 4.79 Å². The molecule has 1 N–H and O–H groups in total. The van der Waals surface area contributed by atoms with Gasteiger partial charge in [0.1, 0.15) is 5.52 Å². The molecule has 2 aliphatic rings. The van der Waals surface area contributed by atoms with Gasteiger partial charge in [-0.25, -0.2) is 9.97 Å². The number of piperidine rings is 1. The maximum absolute atomic E-state index is 12.9. The number of carbonyl (C=O) groups is 1. The molecular formula is C24H29N5O. The molecule has 30 heavy (non-hydrogen) atoms. The topological polar surface area (TPSA) is 63.1 Å². The fourth-order valence-electron chi connectivity index (χ4n) is 4.46. The maximum Gasteiger partial charge on any atom is 0.253 e. The molecule has 5 rings (SSSR count). The number of pyridine rings is 1. The predicted octanol–water partition coefficient (Wildman–Crippen LogP) is 3.42. The van der Waals surface area contributed by atoms with Gasteiger partial charge in [-0.15, -0.1) is 0 Å². The largest absolute Gasteiger partial charge is 0.345 e. The monoisotopic (exact) mass is 403 g/mol. The lowest BCUT2D eigenvalue weighted by atomic mass is 10.1. The van der Waals surface area contributed by atoms with E-state index in [1.54, 1.807) is 6.20 Å². The summed E-state index contributed by atoms with van der Waals surface area (Å²) in [4.78, 5) is 24.5. The molecule has 156 valence electrons. The number of likely N-dealkylation sites (tertiary alicyclic amines) is 1. The van der Waals surface area contributed by atoms with Gasteiger partial charge >= 0.3 is 0 Å². The lowest BCUT2D eigenvalue weighted by molar-refractivity contribution is 0.0911. The number of carbonyl (C=O) groups excluding carboxylic acids is 1. The van der Waals surface area contributed by atoms with Crippen molar-refractivity contribution in [1.29, 1.82) is 0 Å². The molecule has 1 saturated heterocycles. The molecule has 0 radical (unpaired) electrons. The lowest BCUT2D eigenvalue weighted by Crippen LogP contribution is -2.47. The van der Waals surface area contributed by atoms with Crippen molar-refractivity contribution in [1.82, 2.24) is 24.8 Å². The molecule has 3 aromatic rings. The van der Waals surface area contributed by atoms with Gasteiger partial charge in [0.25, 0.3) is 5.91 Å². The second-order valence-electron chi connectivity index (χ2n) is 8.81. The van der Waals surface area contributed by atoms with Gasteiger partial charge < -0.3 is 14.8 Å². The fourth-order valence-corrected chi connectivity index (χ4v) is 4.46. The molecule has 1 aliphatic carbocycles. The van der Waals surface area contributed by atoms with E-state index in [1.807, 2.05) is 18.5 Å². The summed E-state index contributed by atoms with van der Waals surface area (Å²) in [5.41, 5.74) is 3.45. The SMILES string of the molecule is O=C(NC1(CN2CCCCC2)CC1)c1cnc2c(c1)ncn2CCc1ccccc1. The number of nitrogens with zero attached hydrogens (tertiary/aromatic N) is 4. The van der Waals surface area contributed by atoms with Gasteiger partial charge in [0.15, 0.2) is 5.65 Å². The van der Waals surface area contributed by atoms with Crippen LogP contribution in [0.15, 0.2) is 48.9 Å². The molecular weight excluding hydrogens is 374 g/mol. The number of aryl methyl sites for hydroxylation is 2. The first kappa shape index (κ1) is 19.2. The molecule has 6 nitrogen and oxygen atoms in total. The smallest absolute Gasteiger partial charge is 0.253 e. The Bertz CT molecular complexity index is 1020. The number of imidazole rings is 1. The highest BCUT2D eigenvalue weighted by Gasteiger charge is 2.45. The van der Waals surface area contributed by atoms with Crippen LogP contribution in [0.5, 0.6) is 0 Å². The predicted molar refractivity (Wildman–Crippen MR) is 117 cm³/mol. The highest BCUT2D eigenvalue weighted by molar-refractivity contribution is 5.97. The summed E-state index contributed by atoms with van der Waals surface area (Å²) in [5.74, 6) is -0.0299. The van der Waals surface area contributed by atoms with E-state index in [2.05, 4.69) is 49.0 Å². The summed E-state index contributed by atoms with van der Waals surface area (Å²) >= 11 is 0. The van der Waals surface area contributed by atoms with Crippen molar-refractivity contribution in [3.8, 4) is 0 Å². The van der Waals surface area contributed by atoms with Crippen LogP contribution in [-0.4, -0.2) is 50.5 Å². The molecule has 1 saturated carbocycles. The van der Waals surface area contributed by atoms with Crippen LogP contribution in [-0.2, 0) is 13.0 Å². The minimum atomic E-state index is -0.0432. The zero-order valence-corrected chi connectivity index (χ0v) is 17.4. The normalized spacial score (nSPS) is 18.4. The first-order valence-corrected chi connectivity index (χ1v) is 11.1. The van der Waals surface area contributed by atoms with Crippen molar-refractivity contribution in [2.24, 2.45) is 0 Å². The van der Waals surface area contributed by atoms with E-state index in [4.69, 9.17) is 0 Å². The molecule has 2 aromatic heterocycles. The minimum Gasteiger partial charge on any atom is -0.345 e. The number of hydrogen-bond donors (Lipinski definition) is 1. The Balaban J connectivity index is 1.24. The number of nitrogens with one attached hydrogen (secondary N) is 1. The lowest BCUT2D eigenvalue weighted by Gasteiger charge is -2.31. The number of fused-ring (bicyclic) bond motifs is 1. The van der Waals surface area contributed by atoms with Crippen LogP contribution in [0.1, 0.15) is 48.0 Å². The molecule has 2 fully saturated rings. The second kappa shape index (κ2) is 8.19. The molecule has 1 aromatic carbocycles. The van der Waals surface area contributed by atoms with Gasteiger partial charge in [-0.2, -0.15) is 0 Å². The van der Waals surface area contributed by atoms with E-state index in [0.29, 0.717) is 5.56 Å². The summed E-state index contributed by atoms with van der Waals surface area (Å²) in [6.07, 6.45) is 10.5. The molecule has 0 atom stereocenters. The Morgan fingerprint density at radius 3 is 2.63 bits per heavy atom. The van der Waals surface area contributed by atoms with E-state index in [0.717, 1.165) is 56.6 Å². The van der Waals surface area contributed by atoms with E-state index < -0.39 is 0 Å². The first-order valence-electron chi connectivity index (χ1n) is 11.1. The second-order valence-corrected chi connectivity index (χ2v) is 8.81. The van der Waals surface area contributed by atoms with Crippen molar-refractivity contribution in [2.75, 3.05) is 19.6 Å². The van der Waals surface area contributed by atoms with Crippen molar-refractivity contribution < 1.29 is 4.79 Å². The molecule has 1 aliphatic heterocycles. The van der Waals surface area contributed by atoms with Crippen LogP contribution in [0.3, 0.4) is 0 Å². The quantitative estimate of drug-likeness (QED) is 0.657. The van der Waals surface area contributed by atoms with Crippen molar-refractivity contribution >= 4 is 17.1 Å². The average Bonchev–Trinajstić information content (AvgIpc) is 3.41. The molecule has 0 unspecified atom stereocenters. The Morgan fingerprint density at radius 2 is 1.87 bits per heavy atom. The van der Waals surface area contributed by atoms with Crippen LogP contribution in [0.25, 0.3) is 11.2 Å². The highest BCUT2D eigenvalue weighted by atomic mass is 16.1. The number of rotatable bonds is 7. The van der Waals surface area contributed by atoms with Crippen LogP contribution in [0, 0.1) is 0 Å². The molecule has 6 heteroatoms. The number of aromatic nitrogens is 3. The molecule has 1 amide bonds. The number of amides is 1.